The predicted molar refractivity (Wildman–Crippen MR) is 60.7 cm³/mol. The topological polar surface area (TPSA) is 58.4 Å². The third-order valence-electron chi connectivity index (χ3n) is 2.72. The highest BCUT2D eigenvalue weighted by molar-refractivity contribution is 7.88. The second-order valence-corrected chi connectivity index (χ2v) is 5.91. The highest BCUT2D eigenvalue weighted by Crippen LogP contribution is 2.13. The lowest BCUT2D eigenvalue weighted by Crippen LogP contribution is -2.49. The van der Waals surface area contributed by atoms with Crippen molar-refractivity contribution in [1.29, 1.82) is 0 Å². The molecule has 1 aromatic heterocycles. The van der Waals surface area contributed by atoms with Gasteiger partial charge in [0.1, 0.15) is 6.20 Å². The molecule has 0 bridgehead atoms. The van der Waals surface area contributed by atoms with E-state index < -0.39 is 10.0 Å². The fraction of sp³-hybridized carbons (Fsp3) is 0.667. The van der Waals surface area contributed by atoms with Crippen LogP contribution in [0.1, 0.15) is 0 Å². The van der Waals surface area contributed by atoms with Crippen LogP contribution in [0.5, 0.6) is 0 Å². The van der Waals surface area contributed by atoms with E-state index in [0.29, 0.717) is 26.2 Å². The summed E-state index contributed by atoms with van der Waals surface area (Å²) in [5.74, 6) is 0.841. The largest absolute Gasteiger partial charge is 0.340 e. The van der Waals surface area contributed by atoms with Crippen LogP contribution in [-0.2, 0) is 17.1 Å². The Balaban J connectivity index is 2.04. The molecular weight excluding hydrogens is 228 g/mol. The number of hydrogen-bond donors (Lipinski definition) is 0. The monoisotopic (exact) mass is 243 g/mol. The van der Waals surface area contributed by atoms with Gasteiger partial charge in [-0.3, -0.25) is 0 Å². The molecule has 16 heavy (non-hydrogen) atoms. The van der Waals surface area contributed by atoms with E-state index in [2.05, 4.69) is 16.1 Å². The smallest absolute Gasteiger partial charge is 0.211 e. The predicted octanol–water partition coefficient (Wildman–Crippen LogP) is -0.698. The Kier molecular flexibility index (Phi) is 2.90. The molecule has 0 unspecified atom stereocenters. The van der Waals surface area contributed by atoms with Crippen LogP contribution >= 0.6 is 0 Å². The summed E-state index contributed by atoms with van der Waals surface area (Å²) in [7, 11) is -1.15. The van der Waals surface area contributed by atoms with Crippen molar-refractivity contribution in [1.82, 2.24) is 13.9 Å². The first kappa shape index (κ1) is 11.4. The molecule has 1 radical (unpaired) electrons. The molecule has 1 aliphatic heterocycles. The van der Waals surface area contributed by atoms with Gasteiger partial charge in [-0.15, -0.1) is 0 Å². The van der Waals surface area contributed by atoms with Gasteiger partial charge in [-0.1, -0.05) is 0 Å². The lowest BCUT2D eigenvalue weighted by Gasteiger charge is -2.33. The molecule has 2 rings (SSSR count). The molecule has 1 aliphatic rings. The van der Waals surface area contributed by atoms with Crippen LogP contribution in [0.2, 0.25) is 0 Å². The lowest BCUT2D eigenvalue weighted by molar-refractivity contribution is 0.384. The molecule has 0 aromatic carbocycles. The number of nitrogens with zero attached hydrogens (tertiary/aromatic N) is 4. The van der Waals surface area contributed by atoms with E-state index in [0.717, 1.165) is 5.95 Å². The number of imidazole rings is 1. The van der Waals surface area contributed by atoms with Crippen molar-refractivity contribution in [3.8, 4) is 0 Å². The van der Waals surface area contributed by atoms with Crippen molar-refractivity contribution in [2.24, 2.45) is 7.05 Å². The van der Waals surface area contributed by atoms with Crippen LogP contribution in [0.15, 0.2) is 6.20 Å². The molecule has 0 aliphatic carbocycles. The van der Waals surface area contributed by atoms with E-state index >= 15 is 0 Å². The van der Waals surface area contributed by atoms with Gasteiger partial charge in [-0.05, 0) is 0 Å². The molecule has 6 nitrogen and oxygen atoms in total. The van der Waals surface area contributed by atoms with Crippen LogP contribution in [0, 0.1) is 6.20 Å². The Labute approximate surface area is 95.5 Å². The van der Waals surface area contributed by atoms with Gasteiger partial charge >= 0.3 is 0 Å². The fourth-order valence-electron chi connectivity index (χ4n) is 1.82. The van der Waals surface area contributed by atoms with Gasteiger partial charge in [-0.25, -0.2) is 13.4 Å². The first-order chi connectivity index (χ1) is 7.48. The van der Waals surface area contributed by atoms with Gasteiger partial charge in [0, 0.05) is 39.4 Å². The van der Waals surface area contributed by atoms with Crippen molar-refractivity contribution in [3.63, 3.8) is 0 Å². The third kappa shape index (κ3) is 2.19. The average Bonchev–Trinajstić information content (AvgIpc) is 2.63. The SMILES string of the molecule is Cn1c[c]nc1N1CCN(S(C)(=O)=O)CC1. The summed E-state index contributed by atoms with van der Waals surface area (Å²) in [6.45, 7) is 2.38. The van der Waals surface area contributed by atoms with Crippen molar-refractivity contribution >= 4 is 16.0 Å². The summed E-state index contributed by atoms with van der Waals surface area (Å²) in [5.41, 5.74) is 0. The van der Waals surface area contributed by atoms with Crippen molar-refractivity contribution in [2.45, 2.75) is 0 Å². The summed E-state index contributed by atoms with van der Waals surface area (Å²) in [5, 5.41) is 0. The summed E-state index contributed by atoms with van der Waals surface area (Å²) in [4.78, 5) is 6.19. The maximum atomic E-state index is 11.3. The van der Waals surface area contributed by atoms with Crippen LogP contribution in [-0.4, -0.2) is 54.7 Å². The molecule has 0 saturated carbocycles. The van der Waals surface area contributed by atoms with E-state index in [-0.39, 0.29) is 0 Å². The van der Waals surface area contributed by atoms with E-state index in [1.807, 2.05) is 11.6 Å². The molecule has 1 aromatic rings. The average molecular weight is 243 g/mol. The number of aromatic nitrogens is 2. The van der Waals surface area contributed by atoms with Gasteiger partial charge < -0.3 is 9.47 Å². The summed E-state index contributed by atoms with van der Waals surface area (Å²) >= 11 is 0. The summed E-state index contributed by atoms with van der Waals surface area (Å²) in [6, 6.07) is 0. The van der Waals surface area contributed by atoms with Crippen molar-refractivity contribution in [3.05, 3.63) is 12.4 Å². The lowest BCUT2D eigenvalue weighted by atomic mass is 10.4. The zero-order valence-electron chi connectivity index (χ0n) is 9.42. The Morgan fingerprint density at radius 3 is 2.38 bits per heavy atom. The van der Waals surface area contributed by atoms with Gasteiger partial charge in [0.25, 0.3) is 0 Å². The summed E-state index contributed by atoms with van der Waals surface area (Å²) < 4.78 is 26.0. The van der Waals surface area contributed by atoms with Gasteiger partial charge in [0.15, 0.2) is 0 Å². The molecule has 1 fully saturated rings. The normalized spacial score (nSPS) is 19.0. The Morgan fingerprint density at radius 1 is 1.31 bits per heavy atom. The van der Waals surface area contributed by atoms with Crippen molar-refractivity contribution < 1.29 is 8.42 Å². The first-order valence-corrected chi connectivity index (χ1v) is 6.93. The fourth-order valence-corrected chi connectivity index (χ4v) is 2.65. The first-order valence-electron chi connectivity index (χ1n) is 5.08. The maximum Gasteiger partial charge on any atom is 0.211 e. The molecule has 0 N–H and O–H groups in total. The number of hydrogen-bond acceptors (Lipinski definition) is 4. The summed E-state index contributed by atoms with van der Waals surface area (Å²) in [6.07, 6.45) is 5.79. The van der Waals surface area contributed by atoms with E-state index in [4.69, 9.17) is 0 Å². The minimum atomic E-state index is -3.06. The molecular formula is C9H15N4O2S. The van der Waals surface area contributed by atoms with E-state index in [1.165, 1.54) is 10.6 Å². The molecule has 7 heteroatoms. The zero-order valence-corrected chi connectivity index (χ0v) is 10.2. The van der Waals surface area contributed by atoms with Crippen LogP contribution in [0.4, 0.5) is 5.95 Å². The quantitative estimate of drug-likeness (QED) is 0.689. The second-order valence-electron chi connectivity index (χ2n) is 3.93. The Bertz CT molecular complexity index is 460. The standard InChI is InChI=1S/C9H15N4O2S/c1-11-4-3-10-9(11)12-5-7-13(8-6-12)16(2,14)15/h4H,5-8H2,1-2H3. The van der Waals surface area contributed by atoms with Crippen LogP contribution in [0.3, 0.4) is 0 Å². The molecule has 2 heterocycles. The number of sulfonamides is 1. The minimum absolute atomic E-state index is 0.520. The molecule has 0 amide bonds. The third-order valence-corrected chi connectivity index (χ3v) is 4.03. The number of rotatable bonds is 2. The molecule has 0 atom stereocenters. The van der Waals surface area contributed by atoms with E-state index in [1.54, 1.807) is 6.20 Å². The van der Waals surface area contributed by atoms with Crippen molar-refractivity contribution in [2.75, 3.05) is 37.3 Å². The number of piperazine rings is 1. The van der Waals surface area contributed by atoms with Crippen LogP contribution < -0.4 is 4.90 Å². The maximum absolute atomic E-state index is 11.3. The Hall–Kier alpha value is -1.08. The van der Waals surface area contributed by atoms with E-state index in [9.17, 15) is 8.42 Å². The minimum Gasteiger partial charge on any atom is -0.340 e. The number of aryl methyl sites for hydroxylation is 1. The number of anilines is 1. The highest BCUT2D eigenvalue weighted by Gasteiger charge is 2.24. The highest BCUT2D eigenvalue weighted by atomic mass is 32.2. The molecule has 0 spiro atoms. The molecule has 89 valence electrons. The van der Waals surface area contributed by atoms with Gasteiger partial charge in [-0.2, -0.15) is 4.31 Å². The van der Waals surface area contributed by atoms with Gasteiger partial charge in [0.2, 0.25) is 16.0 Å². The van der Waals surface area contributed by atoms with Crippen LogP contribution in [0.25, 0.3) is 0 Å². The zero-order chi connectivity index (χ0) is 11.8. The second kappa shape index (κ2) is 4.06. The van der Waals surface area contributed by atoms with Gasteiger partial charge in [0.05, 0.1) is 6.26 Å². The Morgan fingerprint density at radius 2 is 1.94 bits per heavy atom. The molecule has 1 saturated heterocycles.